The van der Waals surface area contributed by atoms with Crippen LogP contribution in [0.5, 0.6) is 0 Å². The van der Waals surface area contributed by atoms with E-state index in [1.807, 2.05) is 13.8 Å². The molecule has 0 aromatic rings. The van der Waals surface area contributed by atoms with Gasteiger partial charge in [-0.1, -0.05) is 13.8 Å². The van der Waals surface area contributed by atoms with Crippen LogP contribution in [0.4, 0.5) is 0 Å². The number of hydrogen-bond acceptors (Lipinski definition) is 3. The Labute approximate surface area is 72.1 Å². The van der Waals surface area contributed by atoms with Crippen LogP contribution in [-0.2, 0) is 4.79 Å². The molecule has 2 aliphatic heterocycles. The van der Waals surface area contributed by atoms with Crippen LogP contribution in [-0.4, -0.2) is 25.3 Å². The number of carbonyl (C=O) groups is 1. The van der Waals surface area contributed by atoms with Crippen LogP contribution in [0.2, 0.25) is 0 Å². The molecular formula is C8H15N3O. The molecule has 2 unspecified atom stereocenters. The number of nitrogens with one attached hydrogen (secondary N) is 3. The van der Waals surface area contributed by atoms with Gasteiger partial charge in [-0.15, -0.1) is 0 Å². The highest BCUT2D eigenvalue weighted by molar-refractivity contribution is 5.85. The fraction of sp³-hybridized carbons (Fsp3) is 0.875. The molecule has 0 saturated carbocycles. The molecule has 12 heavy (non-hydrogen) atoms. The minimum atomic E-state index is -0.231. The van der Waals surface area contributed by atoms with Gasteiger partial charge in [0, 0.05) is 19.1 Å². The highest BCUT2D eigenvalue weighted by Gasteiger charge is 2.49. The second-order valence-electron chi connectivity index (χ2n) is 4.11. The summed E-state index contributed by atoms with van der Waals surface area (Å²) in [6.45, 7) is 5.71. The Kier molecular flexibility index (Phi) is 1.63. The van der Waals surface area contributed by atoms with Gasteiger partial charge in [-0.05, 0) is 0 Å². The van der Waals surface area contributed by atoms with Crippen molar-refractivity contribution in [1.29, 1.82) is 0 Å². The van der Waals surface area contributed by atoms with Gasteiger partial charge in [0.2, 0.25) is 5.91 Å². The average molecular weight is 169 g/mol. The highest BCUT2D eigenvalue weighted by Crippen LogP contribution is 2.34. The van der Waals surface area contributed by atoms with Gasteiger partial charge in [0.1, 0.15) is 0 Å². The maximum absolute atomic E-state index is 11.5. The Morgan fingerprint density at radius 1 is 1.50 bits per heavy atom. The van der Waals surface area contributed by atoms with Crippen molar-refractivity contribution in [2.24, 2.45) is 11.3 Å². The van der Waals surface area contributed by atoms with E-state index in [0.29, 0.717) is 5.92 Å². The number of carbonyl (C=O) groups excluding carboxylic acids is 1. The Morgan fingerprint density at radius 3 is 2.92 bits per heavy atom. The lowest BCUT2D eigenvalue weighted by atomic mass is 9.79. The van der Waals surface area contributed by atoms with Gasteiger partial charge in [-0.2, -0.15) is 0 Å². The number of hydrogen-bond donors (Lipinski definition) is 3. The van der Waals surface area contributed by atoms with Crippen molar-refractivity contribution in [3.8, 4) is 0 Å². The third-order valence-electron chi connectivity index (χ3n) is 3.01. The van der Waals surface area contributed by atoms with Crippen LogP contribution >= 0.6 is 0 Å². The Hall–Kier alpha value is -0.610. The second-order valence-corrected chi connectivity index (χ2v) is 4.11. The van der Waals surface area contributed by atoms with Gasteiger partial charge in [-0.3, -0.25) is 10.1 Å². The van der Waals surface area contributed by atoms with Crippen LogP contribution in [0.3, 0.4) is 0 Å². The number of amides is 1. The molecule has 0 spiro atoms. The summed E-state index contributed by atoms with van der Waals surface area (Å²) in [4.78, 5) is 11.5. The zero-order valence-electron chi connectivity index (χ0n) is 7.48. The van der Waals surface area contributed by atoms with Crippen molar-refractivity contribution in [3.05, 3.63) is 0 Å². The molecule has 0 aromatic carbocycles. The third kappa shape index (κ3) is 0.949. The van der Waals surface area contributed by atoms with E-state index < -0.39 is 0 Å². The first-order valence-corrected chi connectivity index (χ1v) is 4.37. The largest absolute Gasteiger partial charge is 0.340 e. The summed E-state index contributed by atoms with van der Waals surface area (Å²) in [6, 6.07) is 0. The van der Waals surface area contributed by atoms with Gasteiger partial charge >= 0.3 is 0 Å². The smallest absolute Gasteiger partial charge is 0.227 e. The first kappa shape index (κ1) is 8.01. The topological polar surface area (TPSA) is 53.2 Å². The standard InChI is InChI=1S/C8H15N3O/c1-8(2)5-3-9-4-10-6(5)11-7(8)12/h5-6,9-10H,3-4H2,1-2H3,(H,11,12). The molecule has 0 aromatic heterocycles. The maximum Gasteiger partial charge on any atom is 0.227 e. The first-order valence-electron chi connectivity index (χ1n) is 4.37. The second kappa shape index (κ2) is 2.44. The molecule has 68 valence electrons. The van der Waals surface area contributed by atoms with Crippen molar-refractivity contribution in [2.45, 2.75) is 20.0 Å². The summed E-state index contributed by atoms with van der Waals surface area (Å²) < 4.78 is 0. The number of rotatable bonds is 0. The van der Waals surface area contributed by atoms with E-state index in [1.165, 1.54) is 0 Å². The van der Waals surface area contributed by atoms with E-state index in [9.17, 15) is 4.79 Å². The summed E-state index contributed by atoms with van der Waals surface area (Å²) in [5.74, 6) is 0.535. The van der Waals surface area contributed by atoms with E-state index >= 15 is 0 Å². The van der Waals surface area contributed by atoms with Crippen molar-refractivity contribution < 1.29 is 4.79 Å². The molecule has 4 nitrogen and oxygen atoms in total. The lowest BCUT2D eigenvalue weighted by molar-refractivity contribution is -0.127. The van der Waals surface area contributed by atoms with Crippen molar-refractivity contribution >= 4 is 5.91 Å². The fourth-order valence-electron chi connectivity index (χ4n) is 1.99. The van der Waals surface area contributed by atoms with E-state index in [2.05, 4.69) is 16.0 Å². The van der Waals surface area contributed by atoms with Crippen LogP contribution in [0.15, 0.2) is 0 Å². The minimum absolute atomic E-state index is 0.161. The highest BCUT2D eigenvalue weighted by atomic mass is 16.2. The van der Waals surface area contributed by atoms with E-state index in [4.69, 9.17) is 0 Å². The Balaban J connectivity index is 2.22. The lowest BCUT2D eigenvalue weighted by Crippen LogP contribution is -2.55. The summed E-state index contributed by atoms with van der Waals surface area (Å²) in [6.07, 6.45) is 0.175. The molecule has 4 heteroatoms. The molecule has 2 aliphatic rings. The molecule has 0 aliphatic carbocycles. The zero-order chi connectivity index (χ0) is 8.77. The van der Waals surface area contributed by atoms with Crippen molar-refractivity contribution in [1.82, 2.24) is 16.0 Å². The van der Waals surface area contributed by atoms with Gasteiger partial charge in [0.05, 0.1) is 11.6 Å². The molecule has 2 rings (SSSR count). The maximum atomic E-state index is 11.5. The SMILES string of the molecule is CC1(C)C(=O)NC2NCNCC21. The number of fused-ring (bicyclic) bond motifs is 1. The summed E-state index contributed by atoms with van der Waals surface area (Å²) in [5.41, 5.74) is -0.231. The summed E-state index contributed by atoms with van der Waals surface area (Å²) >= 11 is 0. The zero-order valence-corrected chi connectivity index (χ0v) is 7.48. The molecule has 2 fully saturated rings. The quantitative estimate of drug-likeness (QED) is 0.446. The van der Waals surface area contributed by atoms with Gasteiger partial charge in [0.15, 0.2) is 0 Å². The Bertz CT molecular complexity index is 214. The average Bonchev–Trinajstić information content (AvgIpc) is 2.25. The van der Waals surface area contributed by atoms with E-state index in [1.54, 1.807) is 0 Å². The van der Waals surface area contributed by atoms with Crippen LogP contribution in [0.25, 0.3) is 0 Å². The van der Waals surface area contributed by atoms with E-state index in [-0.39, 0.29) is 17.5 Å². The molecule has 0 bridgehead atoms. The van der Waals surface area contributed by atoms with Gasteiger partial charge in [0.25, 0.3) is 0 Å². The molecule has 1 amide bonds. The predicted octanol–water partition coefficient (Wildman–Crippen LogP) is -0.765. The molecule has 2 saturated heterocycles. The predicted molar refractivity (Wildman–Crippen MR) is 45.2 cm³/mol. The fourth-order valence-corrected chi connectivity index (χ4v) is 1.99. The lowest BCUT2D eigenvalue weighted by Gasteiger charge is -2.32. The van der Waals surface area contributed by atoms with Gasteiger partial charge < -0.3 is 10.6 Å². The Morgan fingerprint density at radius 2 is 2.25 bits per heavy atom. The van der Waals surface area contributed by atoms with Crippen LogP contribution < -0.4 is 16.0 Å². The van der Waals surface area contributed by atoms with Gasteiger partial charge in [-0.25, -0.2) is 0 Å². The normalized spacial score (nSPS) is 39.0. The molecule has 2 atom stereocenters. The molecule has 3 N–H and O–H groups in total. The first-order chi connectivity index (χ1) is 5.62. The van der Waals surface area contributed by atoms with Crippen LogP contribution in [0, 0.1) is 11.3 Å². The summed E-state index contributed by atoms with van der Waals surface area (Å²) in [7, 11) is 0. The van der Waals surface area contributed by atoms with Crippen molar-refractivity contribution in [2.75, 3.05) is 13.2 Å². The molecular weight excluding hydrogens is 154 g/mol. The summed E-state index contributed by atoms with van der Waals surface area (Å²) in [5, 5.41) is 9.41. The van der Waals surface area contributed by atoms with E-state index in [0.717, 1.165) is 13.2 Å². The monoisotopic (exact) mass is 169 g/mol. The molecule has 2 heterocycles. The molecule has 0 radical (unpaired) electrons. The van der Waals surface area contributed by atoms with Crippen LogP contribution in [0.1, 0.15) is 13.8 Å². The minimum Gasteiger partial charge on any atom is -0.340 e. The van der Waals surface area contributed by atoms with Crippen molar-refractivity contribution in [3.63, 3.8) is 0 Å². The third-order valence-corrected chi connectivity index (χ3v) is 3.01.